The van der Waals surface area contributed by atoms with Crippen molar-refractivity contribution in [1.82, 2.24) is 14.5 Å². The van der Waals surface area contributed by atoms with Crippen molar-refractivity contribution in [2.45, 2.75) is 0 Å². The molecule has 0 aliphatic rings. The van der Waals surface area contributed by atoms with Crippen LogP contribution in [0.15, 0.2) is 53.8 Å². The average molecular weight is 376 g/mol. The van der Waals surface area contributed by atoms with Crippen LogP contribution in [0.2, 0.25) is 10.0 Å². The molecule has 3 aromatic rings. The molecular formula is C16H11Cl2N5O2. The number of hydrogen-bond acceptors (Lipinski definition) is 5. The van der Waals surface area contributed by atoms with Crippen LogP contribution >= 0.6 is 23.2 Å². The second kappa shape index (κ2) is 6.92. The lowest BCUT2D eigenvalue weighted by Crippen LogP contribution is -2.30. The van der Waals surface area contributed by atoms with Gasteiger partial charge in [0, 0.05) is 6.20 Å². The molecule has 2 aromatic heterocycles. The summed E-state index contributed by atoms with van der Waals surface area (Å²) in [6, 6.07) is 8.05. The molecule has 2 heterocycles. The topological polar surface area (TPSA) is 103 Å². The monoisotopic (exact) mass is 375 g/mol. The Bertz CT molecular complexity index is 985. The first-order valence-corrected chi connectivity index (χ1v) is 7.77. The van der Waals surface area contributed by atoms with Crippen molar-refractivity contribution in [2.75, 3.05) is 11.1 Å². The lowest BCUT2D eigenvalue weighted by Gasteiger charge is -2.12. The maximum Gasteiger partial charge on any atom is 0.273 e. The number of carbonyl (C=O) groups excluding carboxylic acids is 1. The summed E-state index contributed by atoms with van der Waals surface area (Å²) in [6.45, 7) is 0. The predicted molar refractivity (Wildman–Crippen MR) is 96.5 cm³/mol. The van der Waals surface area contributed by atoms with Gasteiger partial charge in [-0.2, -0.15) is 0 Å². The van der Waals surface area contributed by atoms with Crippen LogP contribution in [-0.4, -0.2) is 20.4 Å². The van der Waals surface area contributed by atoms with E-state index in [1.807, 2.05) is 0 Å². The Labute approximate surface area is 152 Å². The smallest absolute Gasteiger partial charge is 0.273 e. The van der Waals surface area contributed by atoms with Crippen molar-refractivity contribution in [1.29, 1.82) is 0 Å². The van der Waals surface area contributed by atoms with E-state index in [1.165, 1.54) is 12.5 Å². The number of hydrogen-bond donors (Lipinski definition) is 2. The number of aromatic nitrogens is 3. The summed E-state index contributed by atoms with van der Waals surface area (Å²) in [7, 11) is 0. The number of halogens is 2. The molecule has 3 N–H and O–H groups in total. The van der Waals surface area contributed by atoms with Crippen LogP contribution in [0, 0.1) is 0 Å². The van der Waals surface area contributed by atoms with E-state index in [1.54, 1.807) is 36.5 Å². The van der Waals surface area contributed by atoms with Gasteiger partial charge in [-0.1, -0.05) is 29.3 Å². The fraction of sp³-hybridized carbons (Fsp3) is 0. The summed E-state index contributed by atoms with van der Waals surface area (Å²) in [6.07, 6.45) is 4.17. The van der Waals surface area contributed by atoms with Gasteiger partial charge in [0.25, 0.3) is 11.5 Å². The molecule has 0 unspecified atom stereocenters. The van der Waals surface area contributed by atoms with E-state index in [-0.39, 0.29) is 27.1 Å². The van der Waals surface area contributed by atoms with Crippen LogP contribution in [0.3, 0.4) is 0 Å². The molecule has 3 rings (SSSR count). The van der Waals surface area contributed by atoms with Crippen LogP contribution in [0.5, 0.6) is 0 Å². The number of amides is 1. The Morgan fingerprint density at radius 2 is 1.88 bits per heavy atom. The summed E-state index contributed by atoms with van der Waals surface area (Å²) in [5.41, 5.74) is 5.36. The van der Waals surface area contributed by atoms with E-state index in [0.717, 1.165) is 4.57 Å². The highest BCUT2D eigenvalue weighted by Gasteiger charge is 2.20. The minimum atomic E-state index is -0.708. The third kappa shape index (κ3) is 3.33. The van der Waals surface area contributed by atoms with Gasteiger partial charge in [-0.05, 0) is 24.3 Å². The molecule has 25 heavy (non-hydrogen) atoms. The SMILES string of the molecule is Nc1ncn(-c2c(Cl)cccc2Cl)c(=O)c1C(=O)Nc1cccnc1. The number of benzene rings is 1. The Morgan fingerprint density at radius 3 is 2.52 bits per heavy atom. The van der Waals surface area contributed by atoms with Crippen molar-refractivity contribution in [3.63, 3.8) is 0 Å². The standard InChI is InChI=1S/C16H11Cl2N5O2/c17-10-4-1-5-11(18)13(10)23-8-21-14(19)12(16(23)25)15(24)22-9-3-2-6-20-7-9/h1-8H,19H2,(H,22,24). The highest BCUT2D eigenvalue weighted by molar-refractivity contribution is 6.37. The van der Waals surface area contributed by atoms with Gasteiger partial charge in [0.05, 0.1) is 27.6 Å². The fourth-order valence-corrected chi connectivity index (χ4v) is 2.77. The molecular weight excluding hydrogens is 365 g/mol. The first kappa shape index (κ1) is 16.9. The molecule has 1 amide bonds. The van der Waals surface area contributed by atoms with Gasteiger partial charge in [-0.25, -0.2) is 4.98 Å². The van der Waals surface area contributed by atoms with Gasteiger partial charge >= 0.3 is 0 Å². The summed E-state index contributed by atoms with van der Waals surface area (Å²) < 4.78 is 1.08. The van der Waals surface area contributed by atoms with Crippen LogP contribution in [-0.2, 0) is 0 Å². The molecule has 7 nitrogen and oxygen atoms in total. The number of nitrogen functional groups attached to an aromatic ring is 1. The molecule has 0 spiro atoms. The molecule has 0 fully saturated rings. The summed E-state index contributed by atoms with van der Waals surface area (Å²) in [5.74, 6) is -0.911. The zero-order valence-electron chi connectivity index (χ0n) is 12.6. The van der Waals surface area contributed by atoms with Crippen LogP contribution in [0.4, 0.5) is 11.5 Å². The minimum Gasteiger partial charge on any atom is -0.383 e. The number of para-hydroxylation sites is 1. The summed E-state index contributed by atoms with van der Waals surface area (Å²) >= 11 is 12.3. The minimum absolute atomic E-state index is 0.203. The summed E-state index contributed by atoms with van der Waals surface area (Å²) in [5, 5.41) is 3.02. The molecule has 9 heteroatoms. The van der Waals surface area contributed by atoms with Gasteiger partial charge < -0.3 is 11.1 Å². The van der Waals surface area contributed by atoms with Crippen LogP contribution in [0.1, 0.15) is 10.4 Å². The highest BCUT2D eigenvalue weighted by atomic mass is 35.5. The zero-order valence-corrected chi connectivity index (χ0v) is 14.1. The van der Waals surface area contributed by atoms with E-state index in [0.29, 0.717) is 5.69 Å². The van der Waals surface area contributed by atoms with E-state index in [4.69, 9.17) is 28.9 Å². The number of nitrogens with zero attached hydrogens (tertiary/aromatic N) is 3. The van der Waals surface area contributed by atoms with E-state index in [2.05, 4.69) is 15.3 Å². The molecule has 1 aromatic carbocycles. The van der Waals surface area contributed by atoms with Gasteiger partial charge in [-0.3, -0.25) is 19.1 Å². The van der Waals surface area contributed by atoms with E-state index in [9.17, 15) is 9.59 Å². The first-order chi connectivity index (χ1) is 12.0. The quantitative estimate of drug-likeness (QED) is 0.732. The highest BCUT2D eigenvalue weighted by Crippen LogP contribution is 2.27. The van der Waals surface area contributed by atoms with Crippen molar-refractivity contribution in [3.05, 3.63) is 75.0 Å². The Hall–Kier alpha value is -2.90. The Kier molecular flexibility index (Phi) is 4.69. The molecule has 0 saturated carbocycles. The largest absolute Gasteiger partial charge is 0.383 e. The van der Waals surface area contributed by atoms with E-state index >= 15 is 0 Å². The predicted octanol–water partition coefficient (Wildman–Crippen LogP) is 2.77. The maximum atomic E-state index is 12.8. The molecule has 0 saturated heterocycles. The van der Waals surface area contributed by atoms with Gasteiger partial charge in [0.2, 0.25) is 0 Å². The normalized spacial score (nSPS) is 10.5. The van der Waals surface area contributed by atoms with Gasteiger partial charge in [-0.15, -0.1) is 0 Å². The van der Waals surface area contributed by atoms with Gasteiger partial charge in [0.15, 0.2) is 0 Å². The van der Waals surface area contributed by atoms with Crippen molar-refractivity contribution in [3.8, 4) is 5.69 Å². The van der Waals surface area contributed by atoms with Gasteiger partial charge in [0.1, 0.15) is 17.7 Å². The molecule has 0 radical (unpaired) electrons. The number of pyridine rings is 1. The number of nitrogens with one attached hydrogen (secondary N) is 1. The summed E-state index contributed by atoms with van der Waals surface area (Å²) in [4.78, 5) is 33.0. The Morgan fingerprint density at radius 1 is 1.16 bits per heavy atom. The number of nitrogens with two attached hydrogens (primary N) is 1. The third-order valence-corrected chi connectivity index (χ3v) is 3.94. The molecule has 0 aliphatic heterocycles. The second-order valence-electron chi connectivity index (χ2n) is 4.95. The average Bonchev–Trinajstić information content (AvgIpc) is 2.57. The lowest BCUT2D eigenvalue weighted by molar-refractivity contribution is 0.102. The van der Waals surface area contributed by atoms with Crippen molar-refractivity contribution >= 4 is 40.6 Å². The van der Waals surface area contributed by atoms with Crippen molar-refractivity contribution < 1.29 is 4.79 Å². The molecule has 0 aliphatic carbocycles. The third-order valence-electron chi connectivity index (χ3n) is 3.33. The number of anilines is 2. The molecule has 0 bridgehead atoms. The van der Waals surface area contributed by atoms with Crippen molar-refractivity contribution in [2.24, 2.45) is 0 Å². The Balaban J connectivity index is 2.10. The second-order valence-corrected chi connectivity index (χ2v) is 5.76. The van der Waals surface area contributed by atoms with Crippen LogP contribution < -0.4 is 16.6 Å². The number of rotatable bonds is 3. The first-order valence-electron chi connectivity index (χ1n) is 7.02. The molecule has 0 atom stereocenters. The van der Waals surface area contributed by atoms with Crippen LogP contribution in [0.25, 0.3) is 5.69 Å². The lowest BCUT2D eigenvalue weighted by atomic mass is 10.2. The number of carbonyl (C=O) groups is 1. The maximum absolute atomic E-state index is 12.8. The zero-order chi connectivity index (χ0) is 18.0. The fourth-order valence-electron chi connectivity index (χ4n) is 2.19. The van der Waals surface area contributed by atoms with E-state index < -0.39 is 11.5 Å². The molecule has 126 valence electrons.